The molecule has 244 valence electrons. The van der Waals surface area contributed by atoms with Crippen LogP contribution in [0, 0.1) is 0 Å². The summed E-state index contributed by atoms with van der Waals surface area (Å²) in [4.78, 5) is 5.13. The SMILES string of the molecule is [B]c1c([B])c([B])c2c(-c3ccc4ccccc4c3)c3c([B])c([B])c([B])c([B])c3c(-c3ccc(-c4nc5ccccc5n4-c4ccc5ccccc5c4)cc3)c2c1[B]. The van der Waals surface area contributed by atoms with Crippen LogP contribution in [0.4, 0.5) is 0 Å². The summed E-state index contributed by atoms with van der Waals surface area (Å²) >= 11 is 0. The zero-order valence-electron chi connectivity index (χ0n) is 30.7. The molecule has 0 amide bonds. The van der Waals surface area contributed by atoms with Crippen molar-refractivity contribution in [2.75, 3.05) is 0 Å². The highest BCUT2D eigenvalue weighted by molar-refractivity contribution is 6.71. The van der Waals surface area contributed by atoms with Gasteiger partial charge in [0.15, 0.2) is 0 Å². The van der Waals surface area contributed by atoms with Gasteiger partial charge in [0, 0.05) is 11.3 Å². The van der Waals surface area contributed by atoms with Crippen LogP contribution in [0.3, 0.4) is 0 Å². The predicted octanol–water partition coefficient (Wildman–Crippen LogP) is 2.99. The van der Waals surface area contributed by atoms with Gasteiger partial charge in [0.05, 0.1) is 11.0 Å². The summed E-state index contributed by atoms with van der Waals surface area (Å²) in [7, 11) is 54.4. The quantitative estimate of drug-likeness (QED) is 0.204. The molecule has 0 N–H and O–H groups in total. The van der Waals surface area contributed by atoms with Crippen molar-refractivity contribution in [3.05, 3.63) is 133 Å². The Bertz CT molecular complexity index is 3250. The number of fused-ring (bicyclic) bond motifs is 5. The second-order valence-corrected chi connectivity index (χ2v) is 14.5. The first kappa shape index (κ1) is 35.4. The number of benzene rings is 9. The average molecular weight is 701 g/mol. The molecule has 0 saturated carbocycles. The summed E-state index contributed by atoms with van der Waals surface area (Å²) in [6.07, 6.45) is 0. The van der Waals surface area contributed by atoms with Gasteiger partial charge in [-0.15, -0.1) is 21.9 Å². The zero-order chi connectivity index (χ0) is 39.3. The number of aromatic nitrogens is 2. The Morgan fingerprint density at radius 3 is 1.33 bits per heavy atom. The predicted molar refractivity (Wildman–Crippen MR) is 251 cm³/mol. The van der Waals surface area contributed by atoms with Gasteiger partial charge in [0.2, 0.25) is 0 Å². The molecule has 0 saturated heterocycles. The molecule has 0 unspecified atom stereocenters. The van der Waals surface area contributed by atoms with E-state index in [4.69, 9.17) is 67.8 Å². The average Bonchev–Trinajstić information content (AvgIpc) is 3.64. The van der Waals surface area contributed by atoms with Crippen molar-refractivity contribution in [3.8, 4) is 39.3 Å². The molecule has 0 aliphatic carbocycles. The summed E-state index contributed by atoms with van der Waals surface area (Å²) < 4.78 is 2.18. The molecule has 10 aromatic rings. The van der Waals surface area contributed by atoms with Gasteiger partial charge in [0.1, 0.15) is 68.6 Å². The van der Waals surface area contributed by atoms with E-state index in [0.29, 0.717) is 32.7 Å². The summed E-state index contributed by atoms with van der Waals surface area (Å²) in [5.41, 5.74) is 8.34. The molecule has 10 heteroatoms. The van der Waals surface area contributed by atoms with E-state index in [1.165, 1.54) is 0 Å². The minimum Gasteiger partial charge on any atom is -0.292 e. The number of nitrogens with zero attached hydrogens (tertiary/aromatic N) is 2. The summed E-state index contributed by atoms with van der Waals surface area (Å²) in [6.45, 7) is 0. The molecule has 2 nitrogen and oxygen atoms in total. The molecule has 0 aliphatic heterocycles. The lowest BCUT2D eigenvalue weighted by molar-refractivity contribution is 1.11. The van der Waals surface area contributed by atoms with E-state index in [2.05, 4.69) is 53.1 Å². The Hall–Kier alpha value is -5.99. The first-order valence-corrected chi connectivity index (χ1v) is 18.5. The van der Waals surface area contributed by atoms with Crippen LogP contribution in [0.5, 0.6) is 0 Å². The molecule has 1 heterocycles. The van der Waals surface area contributed by atoms with Crippen molar-refractivity contribution >= 4 is 161 Å². The number of para-hydroxylation sites is 2. The van der Waals surface area contributed by atoms with E-state index in [9.17, 15) is 0 Å². The van der Waals surface area contributed by atoms with E-state index < -0.39 is 0 Å². The first-order valence-electron chi connectivity index (χ1n) is 18.5. The lowest BCUT2D eigenvalue weighted by Gasteiger charge is -2.28. The number of hydrogen-bond donors (Lipinski definition) is 0. The van der Waals surface area contributed by atoms with Crippen molar-refractivity contribution in [1.82, 2.24) is 9.55 Å². The second kappa shape index (κ2) is 13.3. The number of hydrogen-bond acceptors (Lipinski definition) is 1. The summed E-state index contributed by atoms with van der Waals surface area (Å²) in [5.74, 6) is 0.779. The standard InChI is InChI=1S/C47H22B8N2/c48-39-35-33(25-14-16-26(17-15-25)47-56-31-11-5-6-12-32(31)57(47)30-20-19-24-8-2-4-10-28(24)22-30)36-38(42(51)46(55)44(53)40(36)49)34(37(35)41(50)45(54)43(39)52)29-18-13-23-7-1-3-9-27(23)21-29/h1-22H. The zero-order valence-corrected chi connectivity index (χ0v) is 30.7. The molecule has 0 fully saturated rings. The van der Waals surface area contributed by atoms with Gasteiger partial charge in [-0.2, -0.15) is 0 Å². The van der Waals surface area contributed by atoms with Crippen molar-refractivity contribution < 1.29 is 0 Å². The third kappa shape index (κ3) is 5.33. The maximum Gasteiger partial charge on any atom is 0.145 e. The van der Waals surface area contributed by atoms with Crippen molar-refractivity contribution in [2.24, 2.45) is 0 Å². The van der Waals surface area contributed by atoms with Crippen LogP contribution in [0.2, 0.25) is 0 Å². The van der Waals surface area contributed by atoms with Crippen LogP contribution in [0.25, 0.3) is 93.5 Å². The lowest BCUT2D eigenvalue weighted by Crippen LogP contribution is -2.50. The highest BCUT2D eigenvalue weighted by Gasteiger charge is 2.25. The third-order valence-corrected chi connectivity index (χ3v) is 11.3. The van der Waals surface area contributed by atoms with Gasteiger partial charge in [-0.25, -0.2) is 4.98 Å². The Labute approximate surface area is 341 Å². The molecular formula is C47H22B8N2. The van der Waals surface area contributed by atoms with Gasteiger partial charge in [0.25, 0.3) is 0 Å². The summed E-state index contributed by atoms with van der Waals surface area (Å²) in [5, 5.41) is 6.66. The van der Waals surface area contributed by atoms with Gasteiger partial charge in [-0.3, -0.25) is 4.57 Å². The van der Waals surface area contributed by atoms with E-state index >= 15 is 0 Å². The fourth-order valence-electron chi connectivity index (χ4n) is 8.45. The lowest BCUT2D eigenvalue weighted by atomic mass is 9.59. The topological polar surface area (TPSA) is 17.8 Å². The van der Waals surface area contributed by atoms with E-state index in [1.807, 2.05) is 84.9 Å². The van der Waals surface area contributed by atoms with Crippen molar-refractivity contribution in [1.29, 1.82) is 0 Å². The highest BCUT2D eigenvalue weighted by atomic mass is 15.1. The molecule has 9 aromatic carbocycles. The minimum atomic E-state index is 0.167. The Morgan fingerprint density at radius 2 is 0.772 bits per heavy atom. The molecule has 1 aromatic heterocycles. The van der Waals surface area contributed by atoms with Crippen LogP contribution >= 0.6 is 0 Å². The van der Waals surface area contributed by atoms with E-state index in [1.54, 1.807) is 0 Å². The van der Waals surface area contributed by atoms with Crippen LogP contribution < -0.4 is 43.7 Å². The molecule has 16 radical (unpaired) electrons. The van der Waals surface area contributed by atoms with E-state index in [-0.39, 0.29) is 43.7 Å². The fourth-order valence-corrected chi connectivity index (χ4v) is 8.45. The molecular weight excluding hydrogens is 679 g/mol. The highest BCUT2D eigenvalue weighted by Crippen LogP contribution is 2.42. The van der Waals surface area contributed by atoms with Crippen molar-refractivity contribution in [3.63, 3.8) is 0 Å². The number of rotatable bonds is 4. The molecule has 10 rings (SSSR count). The molecule has 57 heavy (non-hydrogen) atoms. The smallest absolute Gasteiger partial charge is 0.145 e. The maximum atomic E-state index is 7.00. The minimum absolute atomic E-state index is 0.167. The number of imidazole rings is 1. The summed E-state index contributed by atoms with van der Waals surface area (Å²) in [6, 6.07) is 45.2. The first-order chi connectivity index (χ1) is 27.6. The Morgan fingerprint density at radius 1 is 0.351 bits per heavy atom. The molecule has 0 spiro atoms. The molecule has 0 aliphatic rings. The van der Waals surface area contributed by atoms with Crippen LogP contribution in [0.15, 0.2) is 133 Å². The second-order valence-electron chi connectivity index (χ2n) is 14.5. The Kier molecular flexibility index (Phi) is 8.27. The third-order valence-electron chi connectivity index (χ3n) is 11.3. The normalized spacial score (nSPS) is 11.7. The van der Waals surface area contributed by atoms with E-state index in [0.717, 1.165) is 60.8 Å². The monoisotopic (exact) mass is 702 g/mol. The molecule has 0 atom stereocenters. The van der Waals surface area contributed by atoms with Gasteiger partial charge < -0.3 is 0 Å². The van der Waals surface area contributed by atoms with Gasteiger partial charge >= 0.3 is 0 Å². The van der Waals surface area contributed by atoms with Gasteiger partial charge in [-0.05, 0) is 95.7 Å². The van der Waals surface area contributed by atoms with Crippen LogP contribution in [0.1, 0.15) is 0 Å². The van der Waals surface area contributed by atoms with Crippen molar-refractivity contribution in [2.45, 2.75) is 0 Å². The maximum absolute atomic E-state index is 7.00. The largest absolute Gasteiger partial charge is 0.292 e. The Balaban J connectivity index is 1.28. The van der Waals surface area contributed by atoms with Crippen LogP contribution in [-0.2, 0) is 0 Å². The molecule has 0 bridgehead atoms. The van der Waals surface area contributed by atoms with Crippen LogP contribution in [-0.4, -0.2) is 72.3 Å². The fraction of sp³-hybridized carbons (Fsp3) is 0. The van der Waals surface area contributed by atoms with Gasteiger partial charge in [-0.1, -0.05) is 125 Å².